The molecule has 0 spiro atoms. The number of aldehydes is 1. The fourth-order valence-electron chi connectivity index (χ4n) is 1.57. The van der Waals surface area contributed by atoms with Crippen LogP contribution in [-0.4, -0.2) is 26.0 Å². The van der Waals surface area contributed by atoms with Crippen molar-refractivity contribution in [2.75, 3.05) is 0 Å². The Morgan fingerprint density at radius 1 is 1.35 bits per heavy atom. The van der Waals surface area contributed by atoms with Gasteiger partial charge in [0.2, 0.25) is 0 Å². The van der Waals surface area contributed by atoms with Gasteiger partial charge in [-0.3, -0.25) is 19.4 Å². The van der Waals surface area contributed by atoms with Crippen LogP contribution in [0.1, 0.15) is 24.3 Å². The Morgan fingerprint density at radius 2 is 2.18 bits per heavy atom. The fraction of sp³-hybridized carbons (Fsp3) is 0.333. The summed E-state index contributed by atoms with van der Waals surface area (Å²) in [7, 11) is 0. The minimum absolute atomic E-state index is 0.434. The quantitative estimate of drug-likeness (QED) is 0.751. The zero-order valence-electron chi connectivity index (χ0n) is 9.87. The molecule has 0 aliphatic heterocycles. The molecule has 17 heavy (non-hydrogen) atoms. The molecule has 0 saturated heterocycles. The lowest BCUT2D eigenvalue weighted by atomic mass is 10.2. The summed E-state index contributed by atoms with van der Waals surface area (Å²) in [6.07, 6.45) is 5.67. The third-order valence-corrected chi connectivity index (χ3v) is 2.30. The molecule has 0 saturated carbocycles. The van der Waals surface area contributed by atoms with E-state index in [2.05, 4.69) is 28.9 Å². The third kappa shape index (κ3) is 2.55. The average molecular weight is 230 g/mol. The Kier molecular flexibility index (Phi) is 3.27. The van der Waals surface area contributed by atoms with Gasteiger partial charge in [0.05, 0.1) is 6.20 Å². The van der Waals surface area contributed by atoms with Gasteiger partial charge in [-0.05, 0) is 12.0 Å². The molecule has 5 nitrogen and oxygen atoms in total. The van der Waals surface area contributed by atoms with Gasteiger partial charge in [-0.15, -0.1) is 0 Å². The molecule has 5 heteroatoms. The van der Waals surface area contributed by atoms with Crippen LogP contribution in [-0.2, 0) is 6.54 Å². The molecule has 0 fully saturated rings. The predicted molar refractivity (Wildman–Crippen MR) is 63.5 cm³/mol. The van der Waals surface area contributed by atoms with Crippen LogP contribution in [0.2, 0.25) is 0 Å². The number of aromatic nitrogens is 4. The first kappa shape index (κ1) is 11.4. The molecule has 2 rings (SSSR count). The summed E-state index contributed by atoms with van der Waals surface area (Å²) in [5.41, 5.74) is 1.93. The zero-order chi connectivity index (χ0) is 12.3. The van der Waals surface area contributed by atoms with Crippen molar-refractivity contribution in [1.29, 1.82) is 0 Å². The molecule has 2 aromatic rings. The van der Waals surface area contributed by atoms with Crippen LogP contribution in [0.4, 0.5) is 0 Å². The van der Waals surface area contributed by atoms with Crippen molar-refractivity contribution in [2.24, 2.45) is 5.92 Å². The molecule has 2 aromatic heterocycles. The molecule has 0 N–H and O–H groups in total. The zero-order valence-corrected chi connectivity index (χ0v) is 9.87. The highest BCUT2D eigenvalue weighted by molar-refractivity contribution is 5.75. The molecule has 0 amide bonds. The van der Waals surface area contributed by atoms with Crippen LogP contribution in [0, 0.1) is 5.92 Å². The second kappa shape index (κ2) is 4.86. The Hall–Kier alpha value is -2.04. The van der Waals surface area contributed by atoms with Gasteiger partial charge in [-0.2, -0.15) is 5.10 Å². The molecule has 0 unspecified atom stereocenters. The van der Waals surface area contributed by atoms with Crippen LogP contribution in [0.5, 0.6) is 0 Å². The maximum atomic E-state index is 11.0. The summed E-state index contributed by atoms with van der Waals surface area (Å²) in [4.78, 5) is 19.1. The van der Waals surface area contributed by atoms with Crippen molar-refractivity contribution in [3.8, 4) is 11.4 Å². The SMILES string of the molecule is CC(C)Cn1nc(-c2cnccn2)cc1C=O. The van der Waals surface area contributed by atoms with Crippen molar-refractivity contribution in [3.63, 3.8) is 0 Å². The number of rotatable bonds is 4. The molecule has 0 aliphatic carbocycles. The van der Waals surface area contributed by atoms with Crippen LogP contribution in [0.25, 0.3) is 11.4 Å². The lowest BCUT2D eigenvalue weighted by molar-refractivity contribution is 0.111. The van der Waals surface area contributed by atoms with E-state index >= 15 is 0 Å². The van der Waals surface area contributed by atoms with Gasteiger partial charge in [-0.25, -0.2) is 0 Å². The van der Waals surface area contributed by atoms with Gasteiger partial charge >= 0.3 is 0 Å². The summed E-state index contributed by atoms with van der Waals surface area (Å²) in [6.45, 7) is 4.88. The van der Waals surface area contributed by atoms with Crippen LogP contribution in [0.3, 0.4) is 0 Å². The second-order valence-corrected chi connectivity index (χ2v) is 4.24. The monoisotopic (exact) mass is 230 g/mol. The Labute approximate surface area is 99.5 Å². The first-order valence-electron chi connectivity index (χ1n) is 5.50. The van der Waals surface area contributed by atoms with Crippen LogP contribution in [0.15, 0.2) is 24.7 Å². The number of hydrogen-bond acceptors (Lipinski definition) is 4. The first-order valence-corrected chi connectivity index (χ1v) is 5.50. The highest BCUT2D eigenvalue weighted by Gasteiger charge is 2.10. The van der Waals surface area contributed by atoms with Crippen molar-refractivity contribution in [2.45, 2.75) is 20.4 Å². The fourth-order valence-corrected chi connectivity index (χ4v) is 1.57. The van der Waals surface area contributed by atoms with E-state index in [1.165, 1.54) is 0 Å². The first-order chi connectivity index (χ1) is 8.20. The Morgan fingerprint density at radius 3 is 2.76 bits per heavy atom. The largest absolute Gasteiger partial charge is 0.296 e. The van der Waals surface area contributed by atoms with E-state index in [4.69, 9.17) is 0 Å². The molecular formula is C12H14N4O. The minimum atomic E-state index is 0.434. The normalized spacial score (nSPS) is 10.8. The molecule has 2 heterocycles. The van der Waals surface area contributed by atoms with E-state index in [1.54, 1.807) is 29.3 Å². The standard InChI is InChI=1S/C12H14N4O/c1-9(2)7-16-10(8-17)5-11(15-16)12-6-13-3-4-14-12/h3-6,8-9H,7H2,1-2H3. The number of carbonyl (C=O) groups is 1. The van der Waals surface area contributed by atoms with Gasteiger partial charge < -0.3 is 0 Å². The van der Waals surface area contributed by atoms with Crippen molar-refractivity contribution < 1.29 is 4.79 Å². The van der Waals surface area contributed by atoms with Gasteiger partial charge in [-0.1, -0.05) is 13.8 Å². The lowest BCUT2D eigenvalue weighted by Crippen LogP contribution is -2.09. The van der Waals surface area contributed by atoms with E-state index in [9.17, 15) is 4.79 Å². The van der Waals surface area contributed by atoms with Crippen molar-refractivity contribution >= 4 is 6.29 Å². The molecule has 0 radical (unpaired) electrons. The minimum Gasteiger partial charge on any atom is -0.296 e. The molecule has 0 aliphatic rings. The van der Waals surface area contributed by atoms with E-state index in [0.717, 1.165) is 6.29 Å². The Balaban J connectivity index is 2.37. The predicted octanol–water partition coefficient (Wildman–Crippen LogP) is 1.81. The molecule has 0 aromatic carbocycles. The topological polar surface area (TPSA) is 60.7 Å². The van der Waals surface area contributed by atoms with E-state index in [-0.39, 0.29) is 0 Å². The third-order valence-electron chi connectivity index (χ3n) is 2.30. The summed E-state index contributed by atoms with van der Waals surface area (Å²) < 4.78 is 1.71. The average Bonchev–Trinajstić information content (AvgIpc) is 2.72. The molecule has 0 bridgehead atoms. The number of nitrogens with zero attached hydrogens (tertiary/aromatic N) is 4. The molecule has 88 valence electrons. The highest BCUT2D eigenvalue weighted by Crippen LogP contribution is 2.15. The van der Waals surface area contributed by atoms with E-state index < -0.39 is 0 Å². The van der Waals surface area contributed by atoms with Crippen LogP contribution < -0.4 is 0 Å². The summed E-state index contributed by atoms with van der Waals surface area (Å²) in [5.74, 6) is 0.434. The molecular weight excluding hydrogens is 216 g/mol. The lowest BCUT2D eigenvalue weighted by Gasteiger charge is -2.05. The number of carbonyl (C=O) groups excluding carboxylic acids is 1. The molecule has 0 atom stereocenters. The number of hydrogen-bond donors (Lipinski definition) is 0. The van der Waals surface area contributed by atoms with E-state index in [0.29, 0.717) is 29.5 Å². The van der Waals surface area contributed by atoms with Crippen molar-refractivity contribution in [3.05, 3.63) is 30.4 Å². The Bertz CT molecular complexity index is 504. The maximum absolute atomic E-state index is 11.0. The van der Waals surface area contributed by atoms with E-state index in [1.807, 2.05) is 0 Å². The smallest absolute Gasteiger partial charge is 0.168 e. The summed E-state index contributed by atoms with van der Waals surface area (Å²) in [5, 5.41) is 4.37. The van der Waals surface area contributed by atoms with Gasteiger partial charge in [0.1, 0.15) is 17.1 Å². The highest BCUT2D eigenvalue weighted by atomic mass is 16.1. The summed E-state index contributed by atoms with van der Waals surface area (Å²) >= 11 is 0. The second-order valence-electron chi connectivity index (χ2n) is 4.24. The van der Waals surface area contributed by atoms with Crippen molar-refractivity contribution in [1.82, 2.24) is 19.7 Å². The van der Waals surface area contributed by atoms with Gasteiger partial charge in [0, 0.05) is 18.9 Å². The van der Waals surface area contributed by atoms with Gasteiger partial charge in [0.25, 0.3) is 0 Å². The van der Waals surface area contributed by atoms with Gasteiger partial charge in [0.15, 0.2) is 6.29 Å². The summed E-state index contributed by atoms with van der Waals surface area (Å²) in [6, 6.07) is 1.74. The van der Waals surface area contributed by atoms with Crippen LogP contribution >= 0.6 is 0 Å². The maximum Gasteiger partial charge on any atom is 0.168 e.